The normalized spacial score (nSPS) is 12.5. The van der Waals surface area contributed by atoms with E-state index in [1.54, 1.807) is 6.92 Å². The molecule has 19 heavy (non-hydrogen) atoms. The van der Waals surface area contributed by atoms with Gasteiger partial charge < -0.3 is 4.74 Å². The Morgan fingerprint density at radius 2 is 2.05 bits per heavy atom. The van der Waals surface area contributed by atoms with E-state index in [0.717, 1.165) is 12.1 Å². The number of ether oxygens (including phenoxy) is 1. The zero-order valence-electron chi connectivity index (χ0n) is 10.2. The highest BCUT2D eigenvalue weighted by molar-refractivity contribution is 6.30. The monoisotopic (exact) mass is 285 g/mol. The van der Waals surface area contributed by atoms with Crippen molar-refractivity contribution >= 4 is 28.5 Å². The number of nitrogens with zero attached hydrogens (tertiary/aromatic N) is 1. The number of aromatic nitrogens is 1. The van der Waals surface area contributed by atoms with Gasteiger partial charge in [0.2, 0.25) is 0 Å². The van der Waals surface area contributed by atoms with Gasteiger partial charge in [-0.25, -0.2) is 13.8 Å². The maximum Gasteiger partial charge on any atom is 0.312 e. The highest BCUT2D eigenvalue weighted by Crippen LogP contribution is 2.30. The van der Waals surface area contributed by atoms with Gasteiger partial charge in [-0.15, -0.1) is 0 Å². The summed E-state index contributed by atoms with van der Waals surface area (Å²) in [5, 5.41) is 0.131. The van der Waals surface area contributed by atoms with Crippen LogP contribution in [0.2, 0.25) is 5.15 Å². The summed E-state index contributed by atoms with van der Waals surface area (Å²) in [4.78, 5) is 15.4. The van der Waals surface area contributed by atoms with Gasteiger partial charge in [-0.3, -0.25) is 4.79 Å². The largest absolute Gasteiger partial charge is 0.469 e. The Balaban J connectivity index is 2.76. The number of halogens is 3. The molecule has 0 fully saturated rings. The Kier molecular flexibility index (Phi) is 3.66. The van der Waals surface area contributed by atoms with E-state index in [1.807, 2.05) is 0 Å². The average molecular weight is 286 g/mol. The van der Waals surface area contributed by atoms with Gasteiger partial charge in [-0.05, 0) is 18.6 Å². The van der Waals surface area contributed by atoms with E-state index in [0.29, 0.717) is 5.56 Å². The van der Waals surface area contributed by atoms with Crippen molar-refractivity contribution in [3.05, 3.63) is 40.6 Å². The van der Waals surface area contributed by atoms with Crippen LogP contribution in [0.25, 0.3) is 10.9 Å². The quantitative estimate of drug-likeness (QED) is 0.627. The van der Waals surface area contributed by atoms with E-state index in [4.69, 9.17) is 11.6 Å². The number of benzene rings is 1. The molecule has 3 nitrogen and oxygen atoms in total. The summed E-state index contributed by atoms with van der Waals surface area (Å²) >= 11 is 5.81. The lowest BCUT2D eigenvalue weighted by molar-refractivity contribution is -0.141. The van der Waals surface area contributed by atoms with Crippen molar-refractivity contribution in [2.75, 3.05) is 7.11 Å². The van der Waals surface area contributed by atoms with E-state index in [2.05, 4.69) is 9.72 Å². The summed E-state index contributed by atoms with van der Waals surface area (Å²) < 4.78 is 31.7. The molecule has 1 unspecified atom stereocenters. The van der Waals surface area contributed by atoms with Crippen LogP contribution in [0, 0.1) is 11.6 Å². The van der Waals surface area contributed by atoms with Crippen LogP contribution >= 0.6 is 11.6 Å². The fourth-order valence-corrected chi connectivity index (χ4v) is 2.14. The first-order valence-corrected chi connectivity index (χ1v) is 5.85. The molecule has 0 saturated carbocycles. The summed E-state index contributed by atoms with van der Waals surface area (Å²) in [6.07, 6.45) is 0. The van der Waals surface area contributed by atoms with Gasteiger partial charge in [0.1, 0.15) is 16.8 Å². The number of carbonyl (C=O) groups excluding carboxylic acids is 1. The predicted octanol–water partition coefficient (Wildman–Crippen LogP) is 3.44. The van der Waals surface area contributed by atoms with Crippen molar-refractivity contribution in [3.63, 3.8) is 0 Å². The minimum atomic E-state index is -0.787. The lowest BCUT2D eigenvalue weighted by Crippen LogP contribution is -2.12. The number of pyridine rings is 1. The third-order valence-electron chi connectivity index (χ3n) is 2.85. The van der Waals surface area contributed by atoms with Gasteiger partial charge in [0.05, 0.1) is 18.5 Å². The second-order valence-electron chi connectivity index (χ2n) is 4.06. The van der Waals surface area contributed by atoms with E-state index < -0.39 is 23.5 Å². The number of carbonyl (C=O) groups is 1. The summed E-state index contributed by atoms with van der Waals surface area (Å²) in [5.41, 5.74) is 0.384. The van der Waals surface area contributed by atoms with Crippen molar-refractivity contribution in [2.45, 2.75) is 12.8 Å². The van der Waals surface area contributed by atoms with Crippen LogP contribution in [-0.2, 0) is 9.53 Å². The van der Waals surface area contributed by atoms with Crippen molar-refractivity contribution < 1.29 is 18.3 Å². The van der Waals surface area contributed by atoms with Crippen LogP contribution in [0.4, 0.5) is 8.78 Å². The molecule has 6 heteroatoms. The molecule has 1 atom stereocenters. The maximum absolute atomic E-state index is 13.9. The van der Waals surface area contributed by atoms with Gasteiger partial charge in [0.25, 0.3) is 0 Å². The third-order valence-corrected chi connectivity index (χ3v) is 3.04. The minimum absolute atomic E-state index is 0.0586. The van der Waals surface area contributed by atoms with E-state index in [1.165, 1.54) is 13.2 Å². The molecule has 0 amide bonds. The molecule has 0 saturated heterocycles. The summed E-state index contributed by atoms with van der Waals surface area (Å²) in [7, 11) is 1.24. The Morgan fingerprint density at radius 1 is 1.37 bits per heavy atom. The predicted molar refractivity (Wildman–Crippen MR) is 67.1 cm³/mol. The third kappa shape index (κ3) is 2.51. The van der Waals surface area contributed by atoms with Gasteiger partial charge in [0, 0.05) is 17.5 Å². The molecule has 100 valence electrons. The molecule has 0 N–H and O–H groups in total. The molecule has 2 rings (SSSR count). The number of hydrogen-bond acceptors (Lipinski definition) is 3. The molecule has 0 bridgehead atoms. The van der Waals surface area contributed by atoms with E-state index in [-0.39, 0.29) is 16.1 Å². The van der Waals surface area contributed by atoms with Crippen LogP contribution in [-0.4, -0.2) is 18.1 Å². The molecule has 0 aliphatic rings. The second-order valence-corrected chi connectivity index (χ2v) is 4.45. The summed E-state index contributed by atoms with van der Waals surface area (Å²) in [6.45, 7) is 1.56. The fourth-order valence-electron chi connectivity index (χ4n) is 1.93. The molecule has 1 aromatic heterocycles. The second kappa shape index (κ2) is 5.09. The first kappa shape index (κ1) is 13.7. The van der Waals surface area contributed by atoms with Gasteiger partial charge in [-0.1, -0.05) is 11.6 Å². The van der Waals surface area contributed by atoms with Crippen molar-refractivity contribution in [3.8, 4) is 0 Å². The smallest absolute Gasteiger partial charge is 0.312 e. The van der Waals surface area contributed by atoms with Crippen molar-refractivity contribution in [1.82, 2.24) is 4.98 Å². The standard InChI is InChI=1S/C13H10ClF2NO2/c1-6(13(18)19-2)8-5-11(14)17-10-4-7(15)3-9(16)12(8)10/h3-6H,1-2H3. The molecule has 1 heterocycles. The van der Waals surface area contributed by atoms with Gasteiger partial charge >= 0.3 is 5.97 Å². The molecular weight excluding hydrogens is 276 g/mol. The minimum Gasteiger partial charge on any atom is -0.469 e. The lowest BCUT2D eigenvalue weighted by atomic mass is 9.97. The van der Waals surface area contributed by atoms with Crippen LogP contribution < -0.4 is 0 Å². The molecule has 0 aliphatic heterocycles. The Morgan fingerprint density at radius 3 is 2.68 bits per heavy atom. The summed E-state index contributed by atoms with van der Waals surface area (Å²) in [6, 6.07) is 3.19. The number of hydrogen-bond donors (Lipinski definition) is 0. The first-order valence-electron chi connectivity index (χ1n) is 5.47. The molecule has 0 radical (unpaired) electrons. The topological polar surface area (TPSA) is 39.2 Å². The molecule has 0 spiro atoms. The molecule has 1 aromatic carbocycles. The molecular formula is C13H10ClF2NO2. The lowest BCUT2D eigenvalue weighted by Gasteiger charge is -2.13. The number of esters is 1. The van der Waals surface area contributed by atoms with E-state index >= 15 is 0 Å². The van der Waals surface area contributed by atoms with Crippen molar-refractivity contribution in [2.24, 2.45) is 0 Å². The Labute approximate surface area is 113 Å². The molecule has 2 aromatic rings. The maximum atomic E-state index is 13.9. The zero-order valence-corrected chi connectivity index (χ0v) is 11.0. The number of rotatable bonds is 2. The van der Waals surface area contributed by atoms with Crippen LogP contribution in [0.5, 0.6) is 0 Å². The average Bonchev–Trinajstić information content (AvgIpc) is 2.34. The van der Waals surface area contributed by atoms with E-state index in [9.17, 15) is 13.6 Å². The first-order chi connectivity index (χ1) is 8.93. The number of methoxy groups -OCH3 is 1. The highest BCUT2D eigenvalue weighted by atomic mass is 35.5. The number of fused-ring (bicyclic) bond motifs is 1. The highest BCUT2D eigenvalue weighted by Gasteiger charge is 2.22. The Hall–Kier alpha value is -1.75. The van der Waals surface area contributed by atoms with Gasteiger partial charge in [0.15, 0.2) is 0 Å². The van der Waals surface area contributed by atoms with Crippen LogP contribution in [0.15, 0.2) is 18.2 Å². The SMILES string of the molecule is COC(=O)C(C)c1cc(Cl)nc2cc(F)cc(F)c12. The Bertz CT molecular complexity index is 655. The molecule has 0 aliphatic carbocycles. The van der Waals surface area contributed by atoms with Crippen LogP contribution in [0.3, 0.4) is 0 Å². The summed E-state index contributed by atoms with van der Waals surface area (Å²) in [5.74, 6) is -2.80. The zero-order chi connectivity index (χ0) is 14.2. The van der Waals surface area contributed by atoms with Gasteiger partial charge in [-0.2, -0.15) is 0 Å². The van der Waals surface area contributed by atoms with Crippen molar-refractivity contribution in [1.29, 1.82) is 0 Å². The van der Waals surface area contributed by atoms with Crippen LogP contribution in [0.1, 0.15) is 18.4 Å². The fraction of sp³-hybridized carbons (Fsp3) is 0.231.